The highest BCUT2D eigenvalue weighted by Gasteiger charge is 2.14. The van der Waals surface area contributed by atoms with Crippen LogP contribution in [0.5, 0.6) is 0 Å². The number of carbonyl (C=O) groups is 1. The number of benzene rings is 1. The second-order valence-corrected chi connectivity index (χ2v) is 4.37. The molecular formula is C14H8ClNO3. The lowest BCUT2D eigenvalue weighted by Gasteiger charge is -2.04. The van der Waals surface area contributed by atoms with E-state index in [0.717, 1.165) is 5.39 Å². The second-order valence-electron chi connectivity index (χ2n) is 3.96. The molecule has 0 aliphatic heterocycles. The summed E-state index contributed by atoms with van der Waals surface area (Å²) in [7, 11) is 0. The Bertz CT molecular complexity index is 779. The molecule has 94 valence electrons. The number of carboxylic acid groups (broad SMARTS) is 1. The van der Waals surface area contributed by atoms with Gasteiger partial charge in [0.2, 0.25) is 5.76 Å². The van der Waals surface area contributed by atoms with Gasteiger partial charge in [-0.2, -0.15) is 0 Å². The van der Waals surface area contributed by atoms with Gasteiger partial charge in [-0.25, -0.2) is 4.79 Å². The quantitative estimate of drug-likeness (QED) is 0.770. The minimum atomic E-state index is -1.10. The maximum Gasteiger partial charge on any atom is 0.371 e. The molecule has 0 fully saturated rings. The number of hydrogen-bond donors (Lipinski definition) is 1. The van der Waals surface area contributed by atoms with Crippen LogP contribution < -0.4 is 0 Å². The normalized spacial score (nSPS) is 10.8. The third kappa shape index (κ3) is 1.96. The molecule has 3 aromatic rings. The van der Waals surface area contributed by atoms with Crippen molar-refractivity contribution in [2.24, 2.45) is 0 Å². The summed E-state index contributed by atoms with van der Waals surface area (Å²) in [6, 6.07) is 10.2. The molecule has 0 aliphatic rings. The highest BCUT2D eigenvalue weighted by Crippen LogP contribution is 2.32. The Morgan fingerprint density at radius 3 is 2.79 bits per heavy atom. The Labute approximate surface area is 113 Å². The smallest absolute Gasteiger partial charge is 0.371 e. The second kappa shape index (κ2) is 4.40. The topological polar surface area (TPSA) is 63.3 Å². The van der Waals surface area contributed by atoms with E-state index in [1.54, 1.807) is 30.5 Å². The zero-order chi connectivity index (χ0) is 13.4. The van der Waals surface area contributed by atoms with Gasteiger partial charge in [-0.15, -0.1) is 0 Å². The highest BCUT2D eigenvalue weighted by molar-refractivity contribution is 6.35. The van der Waals surface area contributed by atoms with Crippen LogP contribution in [0.1, 0.15) is 10.6 Å². The van der Waals surface area contributed by atoms with Crippen LogP contribution in [0.2, 0.25) is 5.02 Å². The number of carboxylic acids is 1. The van der Waals surface area contributed by atoms with Gasteiger partial charge in [0, 0.05) is 17.1 Å². The van der Waals surface area contributed by atoms with Gasteiger partial charge in [0.25, 0.3) is 0 Å². The molecule has 0 amide bonds. The fourth-order valence-corrected chi connectivity index (χ4v) is 2.15. The Hall–Kier alpha value is -2.33. The zero-order valence-corrected chi connectivity index (χ0v) is 10.4. The van der Waals surface area contributed by atoms with Crippen LogP contribution in [-0.2, 0) is 0 Å². The standard InChI is InChI=1S/C14H8ClNO3/c15-10-4-3-9(13-8(10)2-1-7-16-13)11-5-6-12(19-11)14(17)18/h1-7H,(H,17,18). The molecule has 2 heterocycles. The van der Waals surface area contributed by atoms with Crippen molar-refractivity contribution in [1.29, 1.82) is 0 Å². The summed E-state index contributed by atoms with van der Waals surface area (Å²) in [5.41, 5.74) is 1.40. The van der Waals surface area contributed by atoms with E-state index in [0.29, 0.717) is 21.9 Å². The number of nitrogens with zero attached hydrogens (tertiary/aromatic N) is 1. The summed E-state index contributed by atoms with van der Waals surface area (Å²) in [6.07, 6.45) is 1.66. The molecule has 0 aliphatic carbocycles. The lowest BCUT2D eigenvalue weighted by molar-refractivity contribution is 0.0663. The molecule has 0 unspecified atom stereocenters. The first-order valence-electron chi connectivity index (χ1n) is 5.53. The number of aromatic nitrogens is 1. The fraction of sp³-hybridized carbons (Fsp3) is 0. The average molecular weight is 274 g/mol. The SMILES string of the molecule is O=C(O)c1ccc(-c2ccc(Cl)c3cccnc23)o1. The summed E-state index contributed by atoms with van der Waals surface area (Å²) in [5, 5.41) is 10.3. The number of aromatic carboxylic acids is 1. The largest absolute Gasteiger partial charge is 0.475 e. The van der Waals surface area contributed by atoms with Crippen LogP contribution in [0.4, 0.5) is 0 Å². The molecule has 0 atom stereocenters. The van der Waals surface area contributed by atoms with E-state index < -0.39 is 5.97 Å². The van der Waals surface area contributed by atoms with Gasteiger partial charge in [0.1, 0.15) is 5.76 Å². The Kier molecular flexibility index (Phi) is 2.72. The molecule has 19 heavy (non-hydrogen) atoms. The zero-order valence-electron chi connectivity index (χ0n) is 9.63. The third-order valence-electron chi connectivity index (χ3n) is 2.80. The molecule has 0 radical (unpaired) electrons. The van der Waals surface area contributed by atoms with Crippen molar-refractivity contribution in [2.75, 3.05) is 0 Å². The average Bonchev–Trinajstić information content (AvgIpc) is 2.89. The van der Waals surface area contributed by atoms with E-state index in [4.69, 9.17) is 21.1 Å². The molecular weight excluding hydrogens is 266 g/mol. The Balaban J connectivity index is 2.24. The van der Waals surface area contributed by atoms with Crippen LogP contribution in [-0.4, -0.2) is 16.1 Å². The Morgan fingerprint density at radius 1 is 1.21 bits per heavy atom. The molecule has 2 aromatic heterocycles. The Morgan fingerprint density at radius 2 is 2.05 bits per heavy atom. The predicted molar refractivity (Wildman–Crippen MR) is 71.4 cm³/mol. The van der Waals surface area contributed by atoms with Crippen LogP contribution >= 0.6 is 11.6 Å². The monoisotopic (exact) mass is 273 g/mol. The van der Waals surface area contributed by atoms with Crippen molar-refractivity contribution in [3.05, 3.63) is 53.4 Å². The van der Waals surface area contributed by atoms with E-state index in [9.17, 15) is 4.79 Å². The van der Waals surface area contributed by atoms with Crippen molar-refractivity contribution < 1.29 is 14.3 Å². The van der Waals surface area contributed by atoms with E-state index >= 15 is 0 Å². The third-order valence-corrected chi connectivity index (χ3v) is 3.13. The molecule has 0 spiro atoms. The first kappa shape index (κ1) is 11.7. The van der Waals surface area contributed by atoms with Gasteiger partial charge < -0.3 is 9.52 Å². The van der Waals surface area contributed by atoms with Crippen LogP contribution in [0.25, 0.3) is 22.2 Å². The molecule has 1 N–H and O–H groups in total. The fourth-order valence-electron chi connectivity index (χ4n) is 1.93. The van der Waals surface area contributed by atoms with Crippen molar-refractivity contribution in [1.82, 2.24) is 4.98 Å². The van der Waals surface area contributed by atoms with Crippen LogP contribution in [0.3, 0.4) is 0 Å². The molecule has 0 saturated carbocycles. The number of halogens is 1. The number of hydrogen-bond acceptors (Lipinski definition) is 3. The molecule has 3 rings (SSSR count). The van der Waals surface area contributed by atoms with Gasteiger partial charge in [0.05, 0.1) is 10.5 Å². The van der Waals surface area contributed by atoms with Crippen molar-refractivity contribution in [3.8, 4) is 11.3 Å². The van der Waals surface area contributed by atoms with E-state index in [2.05, 4.69) is 4.98 Å². The first-order valence-corrected chi connectivity index (χ1v) is 5.91. The minimum absolute atomic E-state index is 0.103. The van der Waals surface area contributed by atoms with Gasteiger partial charge in [0.15, 0.2) is 0 Å². The summed E-state index contributed by atoms with van der Waals surface area (Å²) < 4.78 is 5.30. The first-order chi connectivity index (χ1) is 9.16. The van der Waals surface area contributed by atoms with Crippen molar-refractivity contribution in [3.63, 3.8) is 0 Å². The summed E-state index contributed by atoms with van der Waals surface area (Å²) in [5.74, 6) is -0.746. The number of furan rings is 1. The van der Waals surface area contributed by atoms with E-state index in [-0.39, 0.29) is 5.76 Å². The van der Waals surface area contributed by atoms with Gasteiger partial charge in [-0.3, -0.25) is 4.98 Å². The molecule has 0 bridgehead atoms. The molecule has 5 heteroatoms. The maximum absolute atomic E-state index is 10.8. The van der Waals surface area contributed by atoms with Crippen LogP contribution in [0, 0.1) is 0 Å². The van der Waals surface area contributed by atoms with Gasteiger partial charge >= 0.3 is 5.97 Å². The highest BCUT2D eigenvalue weighted by atomic mass is 35.5. The molecule has 1 aromatic carbocycles. The van der Waals surface area contributed by atoms with Crippen molar-refractivity contribution >= 4 is 28.5 Å². The number of fused-ring (bicyclic) bond motifs is 1. The predicted octanol–water partition coefficient (Wildman–Crippen LogP) is 3.85. The van der Waals surface area contributed by atoms with E-state index in [1.165, 1.54) is 6.07 Å². The molecule has 0 saturated heterocycles. The summed E-state index contributed by atoms with van der Waals surface area (Å²) >= 11 is 6.11. The lowest BCUT2D eigenvalue weighted by Crippen LogP contribution is -1.91. The van der Waals surface area contributed by atoms with Crippen molar-refractivity contribution in [2.45, 2.75) is 0 Å². The summed E-state index contributed by atoms with van der Waals surface area (Å²) in [4.78, 5) is 15.1. The maximum atomic E-state index is 10.8. The van der Waals surface area contributed by atoms with Gasteiger partial charge in [-0.1, -0.05) is 11.6 Å². The number of pyridine rings is 1. The van der Waals surface area contributed by atoms with Gasteiger partial charge in [-0.05, 0) is 36.4 Å². The van der Waals surface area contributed by atoms with Crippen LogP contribution in [0.15, 0.2) is 47.0 Å². The number of rotatable bonds is 2. The lowest BCUT2D eigenvalue weighted by atomic mass is 10.1. The summed E-state index contributed by atoms with van der Waals surface area (Å²) in [6.45, 7) is 0. The van der Waals surface area contributed by atoms with E-state index in [1.807, 2.05) is 6.07 Å². The minimum Gasteiger partial charge on any atom is -0.475 e. The molecule has 4 nitrogen and oxygen atoms in total.